The number of esters is 1. The van der Waals surface area contributed by atoms with Crippen LogP contribution in [0.15, 0.2) is 0 Å². The molecule has 762 valence electrons. The molecule has 68 nitrogen and oxygen atoms in total. The molecule has 0 aliphatic heterocycles. The minimum absolute atomic E-state index is 0.0180. The van der Waals surface area contributed by atoms with Gasteiger partial charge >= 0.3 is 64.2 Å². The molecule has 0 fully saturated rings. The molecule has 6 atom stereocenters. The Morgan fingerprint density at radius 3 is 0.842 bits per heavy atom. The van der Waals surface area contributed by atoms with Crippen molar-refractivity contribution in [3.05, 3.63) is 101 Å². The zero-order chi connectivity index (χ0) is 101. The molecule has 4 amide bonds. The Hall–Kier alpha value is -14.1. The molecular weight excluding hydrogens is 1900 g/mol. The van der Waals surface area contributed by atoms with E-state index >= 15 is 0 Å². The van der Waals surface area contributed by atoms with E-state index in [4.69, 9.17) is 43.4 Å². The summed E-state index contributed by atoms with van der Waals surface area (Å²) in [6.07, 6.45) is 1.93. The van der Waals surface area contributed by atoms with Gasteiger partial charge in [0.15, 0.2) is 0 Å². The number of carbonyl (C=O) groups excluding carboxylic acids is 9. The van der Waals surface area contributed by atoms with E-state index in [0.717, 1.165) is 19.3 Å². The third kappa shape index (κ3) is 93.8. The van der Waals surface area contributed by atoms with Crippen molar-refractivity contribution in [1.82, 2.24) is 21.3 Å². The summed E-state index contributed by atoms with van der Waals surface area (Å²) >= 11 is 1.44. The van der Waals surface area contributed by atoms with E-state index in [0.29, 0.717) is 106 Å². The Morgan fingerprint density at radius 1 is 0.286 bits per heavy atom. The number of nitrogens with zero attached hydrogens (tertiary/aromatic N) is 10. The Morgan fingerprint density at radius 2 is 0.534 bits per heavy atom. The fraction of sp³-hybridized carbons (Fsp3) is 0.806. The first-order chi connectivity index (χ1) is 63.1. The van der Waals surface area contributed by atoms with Gasteiger partial charge in [0.25, 0.3) is 57.3 Å². The summed E-state index contributed by atoms with van der Waals surface area (Å²) in [6.45, 7) is -1.92. The predicted octanol–water partition coefficient (Wildman–Crippen LogP) is 5.09. The van der Waals surface area contributed by atoms with Gasteiger partial charge in [0.05, 0.1) is 98.9 Å². The molecule has 133 heavy (non-hydrogen) atoms. The molecular formula is C62H102N14O54S3. The van der Waals surface area contributed by atoms with Crippen molar-refractivity contribution in [3.63, 3.8) is 0 Å². The summed E-state index contributed by atoms with van der Waals surface area (Å²) in [4.78, 5) is 279. The lowest BCUT2D eigenvalue weighted by Gasteiger charge is -2.15. The smallest absolute Gasteiger partial charge is 0.407 e. The number of thioether (sulfide) groups is 3. The lowest BCUT2D eigenvalue weighted by atomic mass is 10.1. The zero-order valence-electron chi connectivity index (χ0n) is 70.5. The lowest BCUT2D eigenvalue weighted by Crippen LogP contribution is -2.43. The molecule has 0 aliphatic rings. The number of unbranched alkanes of at least 4 members (excludes halogenated alkanes) is 11. The van der Waals surface area contributed by atoms with Crippen LogP contribution in [0.3, 0.4) is 0 Å². The highest BCUT2D eigenvalue weighted by molar-refractivity contribution is 8.13. The second-order valence-corrected chi connectivity index (χ2v) is 27.7. The van der Waals surface area contributed by atoms with Crippen molar-refractivity contribution in [2.24, 2.45) is 0 Å². The number of carboxylic acids is 3. The van der Waals surface area contributed by atoms with E-state index in [1.165, 1.54) is 0 Å². The molecule has 0 heterocycles. The van der Waals surface area contributed by atoms with Gasteiger partial charge in [-0.3, -0.25) is 9.59 Å². The summed E-state index contributed by atoms with van der Waals surface area (Å²) in [5.41, 5.74) is 0. The number of ether oxygens (including phenoxy) is 9. The SMILES string of the molecule is O=C(NC(CSC(=O)OCCCCC(CO[N+](=O)[O-])O[N+](=O)[O-])C(=O)O)OCCCCC(CO[N+](=O)[O-])O[N+](=O)[O-].O=C(NC(CSC(=O)OCCCCO[N+](=O)[O-])C(=O)O)OCCCCO[N+](=O)[O-].O=C(NC(CSC(=O)OCCCO[N+](=O)[O-])C(=O)O)OCCCO[N+](=O)[O-].O=COC(CCCCNC(=O)OCCCCCCO[N+](=O)[O-])CC(=O)OCCCCCCO[N+](=O)[O-]. The Bertz CT molecular complexity index is 3480. The highest BCUT2D eigenvalue weighted by atomic mass is 32.2. The van der Waals surface area contributed by atoms with E-state index < -0.39 is 170 Å². The largest absolute Gasteiger partial charge is 0.480 e. The Balaban J connectivity index is -0.000000845. The summed E-state index contributed by atoms with van der Waals surface area (Å²) in [5, 5.41) is 124. The van der Waals surface area contributed by atoms with Crippen LogP contribution in [0.2, 0.25) is 0 Å². The predicted molar refractivity (Wildman–Crippen MR) is 429 cm³/mol. The number of hydrogen-bond donors (Lipinski definition) is 7. The van der Waals surface area contributed by atoms with Crippen LogP contribution in [0.1, 0.15) is 154 Å². The summed E-state index contributed by atoms with van der Waals surface area (Å²) in [6, 6.07) is -4.41. The van der Waals surface area contributed by atoms with Crippen LogP contribution >= 0.6 is 35.3 Å². The summed E-state index contributed by atoms with van der Waals surface area (Å²) in [7, 11) is 0. The molecule has 0 aliphatic carbocycles. The first-order valence-electron chi connectivity index (χ1n) is 38.9. The summed E-state index contributed by atoms with van der Waals surface area (Å²) < 4.78 is 43.6. The van der Waals surface area contributed by atoms with Crippen molar-refractivity contribution >= 4 is 106 Å². The normalized spacial score (nSPS) is 11.5. The Kier molecular flexibility index (Phi) is 79.7. The number of aliphatic carboxylic acids is 3. The van der Waals surface area contributed by atoms with E-state index in [2.05, 4.69) is 68.5 Å². The van der Waals surface area contributed by atoms with Gasteiger partial charge in [-0.2, -0.15) is 0 Å². The van der Waals surface area contributed by atoms with Crippen LogP contribution < -0.4 is 21.3 Å². The van der Waals surface area contributed by atoms with Crippen molar-refractivity contribution in [1.29, 1.82) is 0 Å². The molecule has 0 saturated carbocycles. The third-order valence-corrected chi connectivity index (χ3v) is 17.1. The van der Waals surface area contributed by atoms with Crippen LogP contribution in [0.4, 0.5) is 33.6 Å². The minimum Gasteiger partial charge on any atom is -0.480 e. The van der Waals surface area contributed by atoms with Gasteiger partial charge in [-0.1, -0.05) is 12.8 Å². The first-order valence-corrected chi connectivity index (χ1v) is 41.9. The molecule has 0 aromatic carbocycles. The summed E-state index contributed by atoms with van der Waals surface area (Å²) in [5.74, 6) is -5.89. The van der Waals surface area contributed by atoms with Gasteiger partial charge in [-0.15, -0.1) is 101 Å². The lowest BCUT2D eigenvalue weighted by molar-refractivity contribution is -0.790. The van der Waals surface area contributed by atoms with Crippen LogP contribution in [0.25, 0.3) is 0 Å². The maximum Gasteiger partial charge on any atom is 0.407 e. The van der Waals surface area contributed by atoms with Crippen LogP contribution in [-0.4, -0.2) is 303 Å². The molecule has 0 aromatic rings. The fourth-order valence-corrected chi connectivity index (χ4v) is 10.6. The molecule has 0 saturated heterocycles. The number of nitrogens with one attached hydrogen (secondary N) is 4. The molecule has 6 unspecified atom stereocenters. The second kappa shape index (κ2) is 84.7. The van der Waals surface area contributed by atoms with Gasteiger partial charge in [-0.05, 0) is 157 Å². The van der Waals surface area contributed by atoms with Gasteiger partial charge in [0.1, 0.15) is 49.7 Å². The van der Waals surface area contributed by atoms with Gasteiger partial charge < -0.3 is 128 Å². The van der Waals surface area contributed by atoms with Crippen molar-refractivity contribution in [3.8, 4) is 0 Å². The number of rotatable bonds is 79. The number of alkyl carbamates (subject to hydrolysis) is 4. The molecule has 0 rings (SSSR count). The standard InChI is InChI=1S/C21H37N3O12.C17H27N5O18S.C13H21N3O12S.C11H17N3O12S/c25-18-34-19(17-20(26)32-13-7-1-3-9-15-35-23(28)29)11-5-6-12-22-21(27)33-14-8-2-4-10-16-36-24(30)31;23-15(24)14(18-16(25)35-7-3-1-5-12(39-21(31)32)9-37-19(27)28)11-41-17(26)36-8-4-2-6-13(40-22(33)34)10-38-20(29)30;17-11(18)10(14-12(19)25-5-1-3-7-27-15(21)22)9-29-13(20)26-6-2-4-8-28-16(23)24;15-9(16)8(12-10(17)23-3-1-5-25-13(19)20)7-27-11(18)24-4-2-6-26-14(21)22/h18-19H,1-17H2,(H,22,27);12-14H,1-11H2,(H,18,25)(H,23,24);10H,1-9H2,(H,14,19)(H,17,18);8H,1-7H2,(H,12,17)(H,15,16). The quantitative estimate of drug-likeness (QED) is 0.0104. The maximum absolute atomic E-state index is 11.9. The topological polar surface area (TPSA) is 920 Å². The van der Waals surface area contributed by atoms with E-state index in [-0.39, 0.29) is 181 Å². The van der Waals surface area contributed by atoms with Gasteiger partial charge in [0, 0.05) is 36.6 Å². The van der Waals surface area contributed by atoms with Crippen LogP contribution in [0.5, 0.6) is 0 Å². The number of carbonyl (C=O) groups is 12. The maximum atomic E-state index is 11.9. The van der Waals surface area contributed by atoms with Crippen LogP contribution in [-0.2, 0) is 115 Å². The highest BCUT2D eigenvalue weighted by Crippen LogP contribution is 2.16. The number of hydrogen-bond acceptors (Lipinski definition) is 54. The van der Waals surface area contributed by atoms with E-state index in [1.807, 2.05) is 10.6 Å². The van der Waals surface area contributed by atoms with E-state index in [1.54, 1.807) is 0 Å². The fourth-order valence-electron chi connectivity index (χ4n) is 8.54. The van der Waals surface area contributed by atoms with E-state index in [9.17, 15) is 164 Å². The average molecular weight is 2000 g/mol. The van der Waals surface area contributed by atoms with Crippen molar-refractivity contribution < 1.29 is 215 Å². The molecule has 71 heteroatoms. The first kappa shape index (κ1) is 125. The zero-order valence-corrected chi connectivity index (χ0v) is 73.0. The number of carboxylic acid groups (broad SMARTS) is 3. The molecule has 0 radical (unpaired) electrons. The molecule has 7 N–H and O–H groups in total. The van der Waals surface area contributed by atoms with Crippen molar-refractivity contribution in [2.75, 3.05) is 130 Å². The van der Waals surface area contributed by atoms with Gasteiger partial charge in [-0.25, -0.2) is 47.9 Å². The number of amides is 4. The third-order valence-electron chi connectivity index (χ3n) is 14.5. The Labute approximate surface area is 760 Å². The van der Waals surface area contributed by atoms with Crippen LogP contribution in [0, 0.1) is 101 Å². The average Bonchev–Trinajstić information content (AvgIpc) is 0.946. The highest BCUT2D eigenvalue weighted by Gasteiger charge is 2.27. The molecule has 0 spiro atoms. The molecule has 0 bridgehead atoms. The monoisotopic (exact) mass is 2000 g/mol. The van der Waals surface area contributed by atoms with Gasteiger partial charge in [0.2, 0.25) is 0 Å². The molecule has 0 aromatic heterocycles. The second-order valence-electron chi connectivity index (χ2n) is 24.8. The van der Waals surface area contributed by atoms with Crippen molar-refractivity contribution in [2.45, 2.75) is 191 Å². The minimum atomic E-state index is -1.54.